The summed E-state index contributed by atoms with van der Waals surface area (Å²) >= 11 is 1.41. The molecule has 53 heavy (non-hydrogen) atoms. The minimum atomic E-state index is -3.70. The fourth-order valence-corrected chi connectivity index (χ4v) is 6.87. The summed E-state index contributed by atoms with van der Waals surface area (Å²) in [6.07, 6.45) is -4.28. The molecule has 0 saturated carbocycles. The highest BCUT2D eigenvalue weighted by molar-refractivity contribution is 7.98. The van der Waals surface area contributed by atoms with Crippen molar-refractivity contribution >= 4 is 44.6 Å². The van der Waals surface area contributed by atoms with Crippen molar-refractivity contribution < 1.29 is 59.7 Å². The van der Waals surface area contributed by atoms with Crippen LogP contribution in [-0.4, -0.2) is 75.1 Å². The van der Waals surface area contributed by atoms with Crippen LogP contribution in [0.2, 0.25) is 0 Å². The molecule has 4 aromatic heterocycles. The third-order valence-electron chi connectivity index (χ3n) is 7.47. The number of rotatable bonds is 10. The molecule has 1 unspecified atom stereocenters. The Bertz CT molecular complexity index is 2270. The van der Waals surface area contributed by atoms with Gasteiger partial charge in [0.25, 0.3) is 0 Å². The molecule has 2 aromatic carbocycles. The van der Waals surface area contributed by atoms with E-state index >= 15 is 0 Å². The number of hydrogen-bond acceptors (Lipinski definition) is 14. The topological polar surface area (TPSA) is 174 Å². The summed E-state index contributed by atoms with van der Waals surface area (Å²) in [7, 11) is 4.53. The lowest BCUT2D eigenvalue weighted by molar-refractivity contribution is -0.287. The zero-order valence-electron chi connectivity index (χ0n) is 27.8. The quantitative estimate of drug-likeness (QED) is 0.119. The van der Waals surface area contributed by atoms with E-state index in [1.165, 1.54) is 56.4 Å². The molecule has 0 fully saturated rings. The maximum Gasteiger partial charge on any atom is 0.586 e. The van der Waals surface area contributed by atoms with Crippen LogP contribution in [0.25, 0.3) is 22.1 Å². The highest BCUT2D eigenvalue weighted by Gasteiger charge is 2.44. The van der Waals surface area contributed by atoms with Crippen LogP contribution >= 0.6 is 11.8 Å². The van der Waals surface area contributed by atoms with Crippen LogP contribution in [0.1, 0.15) is 11.4 Å². The van der Waals surface area contributed by atoms with Crippen molar-refractivity contribution in [2.75, 3.05) is 28.4 Å². The van der Waals surface area contributed by atoms with Gasteiger partial charge in [-0.25, -0.2) is 9.97 Å². The van der Waals surface area contributed by atoms with Crippen LogP contribution in [-0.2, 0) is 22.3 Å². The summed E-state index contributed by atoms with van der Waals surface area (Å²) < 4.78 is 103. The molecule has 0 aliphatic carbocycles. The Balaban J connectivity index is 0.000000164. The third-order valence-corrected chi connectivity index (χ3v) is 9.56. The van der Waals surface area contributed by atoms with Crippen molar-refractivity contribution in [3.63, 3.8) is 0 Å². The number of aromatic nitrogens is 6. The Kier molecular flexibility index (Phi) is 9.45. The molecule has 8 rings (SSSR count). The average Bonchev–Trinajstić information content (AvgIpc) is 3.88. The Morgan fingerprint density at radius 2 is 1.13 bits per heavy atom. The van der Waals surface area contributed by atoms with Crippen LogP contribution < -0.4 is 37.9 Å². The summed E-state index contributed by atoms with van der Waals surface area (Å²) in [5.74, 6) is 2.38. The maximum absolute atomic E-state index is 13.1. The summed E-state index contributed by atoms with van der Waals surface area (Å²) in [6, 6.07) is 8.90. The second kappa shape index (κ2) is 14.0. The van der Waals surface area contributed by atoms with Crippen molar-refractivity contribution in [2.24, 2.45) is 0 Å². The van der Waals surface area contributed by atoms with Gasteiger partial charge in [0.1, 0.15) is 0 Å². The van der Waals surface area contributed by atoms with E-state index in [0.29, 0.717) is 61.7 Å². The number of halogens is 4. The Hall–Kier alpha value is -5.70. The molecule has 0 bridgehead atoms. The number of pyridine rings is 2. The molecule has 2 aliphatic rings. The van der Waals surface area contributed by atoms with Crippen molar-refractivity contribution in [3.8, 4) is 46.0 Å². The highest BCUT2D eigenvalue weighted by Crippen LogP contribution is 2.44. The minimum Gasteiger partial charge on any atom is -0.493 e. The molecule has 1 atom stereocenters. The van der Waals surface area contributed by atoms with Gasteiger partial charge in [0.05, 0.1) is 90.8 Å². The number of hydrogen-bond donors (Lipinski definition) is 2. The first-order valence-electron chi connectivity index (χ1n) is 15.1. The summed E-state index contributed by atoms with van der Waals surface area (Å²) in [6.45, 7) is 0. The van der Waals surface area contributed by atoms with E-state index in [1.807, 2.05) is 0 Å². The molecule has 6 aromatic rings. The van der Waals surface area contributed by atoms with E-state index < -0.39 is 23.4 Å². The second-order valence-electron chi connectivity index (χ2n) is 10.9. The highest BCUT2D eigenvalue weighted by atomic mass is 32.2. The average molecular weight is 779 g/mol. The van der Waals surface area contributed by atoms with Gasteiger partial charge < -0.3 is 47.9 Å². The molecule has 6 heterocycles. The fourth-order valence-electron chi connectivity index (χ4n) is 5.10. The van der Waals surface area contributed by atoms with Gasteiger partial charge >= 0.3 is 12.6 Å². The molecular weight excluding hydrogens is 753 g/mol. The maximum atomic E-state index is 13.1. The minimum absolute atomic E-state index is 0.0238. The fraction of sp³-hybridized carbons (Fsp3) is 0.250. The van der Waals surface area contributed by atoms with Crippen LogP contribution in [0, 0.1) is 0 Å². The van der Waals surface area contributed by atoms with E-state index in [-0.39, 0.29) is 33.9 Å². The van der Waals surface area contributed by atoms with E-state index in [9.17, 15) is 21.8 Å². The number of methoxy groups -OCH3 is 4. The molecule has 15 nitrogen and oxygen atoms in total. The Morgan fingerprint density at radius 3 is 1.68 bits per heavy atom. The van der Waals surface area contributed by atoms with E-state index in [1.54, 1.807) is 32.5 Å². The SMILES string of the molecule is COc1cnc(CS(=O)c2nc3cc4c(cc3[nH]2)OC(F)(F)O4)cc1OC.COc1cnc(CSc2nc3cc4c(cc3[nH]2)OC(F)(F)O4)cc1OC. The molecule has 0 spiro atoms. The summed E-state index contributed by atoms with van der Waals surface area (Å²) in [5, 5.41) is 0.795. The predicted octanol–water partition coefficient (Wildman–Crippen LogP) is 6.19. The number of ether oxygens (including phenoxy) is 8. The molecular formula is C32H26F4N6O9S2. The Labute approximate surface area is 302 Å². The number of nitrogens with one attached hydrogen (secondary N) is 2. The monoisotopic (exact) mass is 778 g/mol. The van der Waals surface area contributed by atoms with Gasteiger partial charge in [0, 0.05) is 42.2 Å². The zero-order chi connectivity index (χ0) is 37.5. The molecule has 0 amide bonds. The number of fused-ring (bicyclic) bond motifs is 4. The summed E-state index contributed by atoms with van der Waals surface area (Å²) in [4.78, 5) is 23.0. The lowest BCUT2D eigenvalue weighted by Crippen LogP contribution is -2.25. The smallest absolute Gasteiger partial charge is 0.493 e. The number of H-pyrrole nitrogens is 2. The first-order chi connectivity index (χ1) is 25.4. The van der Waals surface area contributed by atoms with Gasteiger partial charge in [-0.3, -0.25) is 14.2 Å². The number of thioether (sulfide) groups is 1. The van der Waals surface area contributed by atoms with Crippen molar-refractivity contribution in [3.05, 3.63) is 60.2 Å². The second-order valence-corrected chi connectivity index (χ2v) is 13.2. The van der Waals surface area contributed by atoms with Crippen molar-refractivity contribution in [2.45, 2.75) is 34.4 Å². The zero-order valence-corrected chi connectivity index (χ0v) is 29.5. The third kappa shape index (κ3) is 7.61. The van der Waals surface area contributed by atoms with Gasteiger partial charge in [0.15, 0.2) is 56.3 Å². The van der Waals surface area contributed by atoms with Gasteiger partial charge in [-0.05, 0) is 0 Å². The van der Waals surface area contributed by atoms with Crippen molar-refractivity contribution in [1.82, 2.24) is 29.9 Å². The van der Waals surface area contributed by atoms with Crippen LogP contribution in [0.5, 0.6) is 46.0 Å². The van der Waals surface area contributed by atoms with Crippen LogP contribution in [0.4, 0.5) is 17.6 Å². The van der Waals surface area contributed by atoms with Gasteiger partial charge in [-0.2, -0.15) is 0 Å². The van der Waals surface area contributed by atoms with Gasteiger partial charge in [-0.1, -0.05) is 11.8 Å². The van der Waals surface area contributed by atoms with Crippen LogP contribution in [0.15, 0.2) is 59.1 Å². The molecule has 0 radical (unpaired) electrons. The largest absolute Gasteiger partial charge is 0.586 e. The Morgan fingerprint density at radius 1 is 0.660 bits per heavy atom. The molecule has 21 heteroatoms. The first-order valence-corrected chi connectivity index (χ1v) is 17.4. The van der Waals surface area contributed by atoms with Crippen molar-refractivity contribution in [1.29, 1.82) is 0 Å². The van der Waals surface area contributed by atoms with E-state index in [4.69, 9.17) is 18.9 Å². The lowest BCUT2D eigenvalue weighted by atomic mass is 10.3. The predicted molar refractivity (Wildman–Crippen MR) is 179 cm³/mol. The standard InChI is InChI=1S/C16H13F2N3O5S.C16H13F2N3O4S/c1-23-11-3-8(19-6-14(11)24-2)7-27(22)15-20-9-4-12-13(5-10(9)21-15)26-16(17,18)25-12;1-22-11-3-8(19-6-14(11)23-2)7-26-15-20-9-4-12-13(5-10(9)21-15)25-16(17,18)24-12/h3-6H,7H2,1-2H3,(H,20,21);3-6H,7H2,1-2H3,(H,20,21). The number of alkyl halides is 4. The van der Waals surface area contributed by atoms with E-state index in [2.05, 4.69) is 48.9 Å². The molecule has 0 saturated heterocycles. The number of imidazole rings is 2. The summed E-state index contributed by atoms with van der Waals surface area (Å²) in [5.41, 5.74) is 3.11. The molecule has 2 aliphatic heterocycles. The number of benzene rings is 2. The lowest BCUT2D eigenvalue weighted by Gasteiger charge is -2.08. The molecule has 278 valence electrons. The van der Waals surface area contributed by atoms with Gasteiger partial charge in [-0.15, -0.1) is 17.6 Å². The molecule has 2 N–H and O–H groups in total. The van der Waals surface area contributed by atoms with Crippen LogP contribution in [0.3, 0.4) is 0 Å². The van der Waals surface area contributed by atoms with E-state index in [0.717, 1.165) is 5.69 Å². The normalized spacial score (nSPS) is 15.2. The first kappa shape index (κ1) is 35.7. The number of nitrogens with zero attached hydrogens (tertiary/aromatic N) is 4. The van der Waals surface area contributed by atoms with Gasteiger partial charge in [0.2, 0.25) is 0 Å². The number of aromatic amines is 2.